The normalized spacial score (nSPS) is 15.0. The number of para-hydroxylation sites is 1. The van der Waals surface area contributed by atoms with Gasteiger partial charge in [-0.1, -0.05) is 117 Å². The van der Waals surface area contributed by atoms with Crippen molar-refractivity contribution in [1.29, 1.82) is 0 Å². The highest BCUT2D eigenvalue weighted by atomic mass is 15.3. The molecule has 0 amide bonds. The molecule has 6 aromatic rings. The Morgan fingerprint density at radius 1 is 0.574 bits per heavy atom. The summed E-state index contributed by atoms with van der Waals surface area (Å²) in [6.07, 6.45) is 6.19. The largest absolute Gasteiger partial charge is 0.361 e. The predicted octanol–water partition coefficient (Wildman–Crippen LogP) is 9.75. The van der Waals surface area contributed by atoms with E-state index in [1.54, 1.807) is 0 Å². The predicted molar refractivity (Wildman–Crippen MR) is 194 cm³/mol. The van der Waals surface area contributed by atoms with Crippen LogP contribution in [0.1, 0.15) is 47.4 Å². The lowest BCUT2D eigenvalue weighted by Gasteiger charge is -2.43. The minimum absolute atomic E-state index is 0.202. The summed E-state index contributed by atoms with van der Waals surface area (Å²) in [4.78, 5) is 12.0. The molecule has 4 nitrogen and oxygen atoms in total. The molecule has 0 bridgehead atoms. The Bertz CT molecular complexity index is 1970. The summed E-state index contributed by atoms with van der Waals surface area (Å²) in [5.41, 5.74) is 11.0. The van der Waals surface area contributed by atoms with E-state index in [4.69, 9.17) is 4.98 Å². The van der Waals surface area contributed by atoms with Crippen molar-refractivity contribution in [2.24, 2.45) is 0 Å². The molecular weight excluding hydrogens is 573 g/mol. The van der Waals surface area contributed by atoms with Gasteiger partial charge in [0.15, 0.2) is 0 Å². The Morgan fingerprint density at radius 2 is 1.23 bits per heavy atom. The highest BCUT2D eigenvalue weighted by molar-refractivity contribution is 5.87. The monoisotopic (exact) mass is 610 g/mol. The topological polar surface area (TPSA) is 22.6 Å². The molecule has 0 atom stereocenters. The molecular formula is C43H38N4. The third-order valence-electron chi connectivity index (χ3n) is 9.92. The van der Waals surface area contributed by atoms with Crippen LogP contribution in [0.15, 0.2) is 164 Å². The molecule has 0 radical (unpaired) electrons. The minimum Gasteiger partial charge on any atom is -0.361 e. The molecule has 4 heteroatoms. The molecule has 5 aromatic carbocycles. The second-order valence-corrected chi connectivity index (χ2v) is 13.1. The van der Waals surface area contributed by atoms with E-state index in [-0.39, 0.29) is 5.41 Å². The van der Waals surface area contributed by atoms with Crippen LogP contribution in [0.5, 0.6) is 0 Å². The number of hydrogen-bond acceptors (Lipinski definition) is 4. The van der Waals surface area contributed by atoms with Crippen LogP contribution < -0.4 is 9.80 Å². The number of aromatic nitrogens is 1. The van der Waals surface area contributed by atoms with E-state index in [1.807, 2.05) is 12.3 Å². The molecule has 8 rings (SSSR count). The van der Waals surface area contributed by atoms with Crippen LogP contribution in [0.25, 0.3) is 0 Å². The van der Waals surface area contributed by atoms with Crippen molar-refractivity contribution in [2.75, 3.05) is 23.5 Å². The average Bonchev–Trinajstić information content (AvgIpc) is 3.56. The summed E-state index contributed by atoms with van der Waals surface area (Å²) in [5.74, 6) is 0. The molecule has 0 saturated carbocycles. The first-order valence-electron chi connectivity index (χ1n) is 16.3. The Hall–Kier alpha value is -5.61. The average molecular weight is 611 g/mol. The molecule has 2 aliphatic heterocycles. The summed E-state index contributed by atoms with van der Waals surface area (Å²) in [6.45, 7) is 5.53. The molecule has 0 saturated heterocycles. The third-order valence-corrected chi connectivity index (χ3v) is 9.92. The van der Waals surface area contributed by atoms with Gasteiger partial charge in [-0.05, 0) is 70.3 Å². The van der Waals surface area contributed by atoms with E-state index in [9.17, 15) is 0 Å². The minimum atomic E-state index is -0.641. The maximum absolute atomic E-state index is 5.07. The second kappa shape index (κ2) is 11.3. The molecule has 2 aliphatic rings. The Kier molecular flexibility index (Phi) is 6.95. The number of rotatable bonds is 6. The van der Waals surface area contributed by atoms with Crippen LogP contribution in [0.2, 0.25) is 0 Å². The van der Waals surface area contributed by atoms with E-state index in [2.05, 4.69) is 188 Å². The standard InChI is InChI=1S/C43H38N4/c1-42(2)37-21-10-11-22-39(37)47(36-20-14-19-35(30-36)46-28-27-45(3)31-46)40-29-34(24-25-38(40)42)43(32-15-6-4-7-16-32,33-17-8-5-9-18-33)41-23-12-13-26-44-41/h4-30H,31H2,1-3H3. The van der Waals surface area contributed by atoms with E-state index in [0.29, 0.717) is 0 Å². The molecule has 0 unspecified atom stereocenters. The number of fused-ring (bicyclic) bond motifs is 2. The summed E-state index contributed by atoms with van der Waals surface area (Å²) in [6, 6.07) is 52.9. The number of anilines is 4. The van der Waals surface area contributed by atoms with E-state index in [1.165, 1.54) is 44.9 Å². The molecule has 0 aliphatic carbocycles. The smallest absolute Gasteiger partial charge is 0.0938 e. The van der Waals surface area contributed by atoms with E-state index in [0.717, 1.165) is 18.1 Å². The van der Waals surface area contributed by atoms with Gasteiger partial charge in [0.25, 0.3) is 0 Å². The van der Waals surface area contributed by atoms with Crippen molar-refractivity contribution in [3.8, 4) is 0 Å². The van der Waals surface area contributed by atoms with Gasteiger partial charge in [-0.2, -0.15) is 0 Å². The first-order valence-corrected chi connectivity index (χ1v) is 16.3. The highest BCUT2D eigenvalue weighted by Crippen LogP contribution is 2.54. The molecule has 47 heavy (non-hydrogen) atoms. The van der Waals surface area contributed by atoms with Gasteiger partial charge in [-0.3, -0.25) is 4.98 Å². The molecule has 1 aromatic heterocycles. The van der Waals surface area contributed by atoms with Crippen LogP contribution in [0, 0.1) is 0 Å². The lowest BCUT2D eigenvalue weighted by molar-refractivity contribution is 0.496. The van der Waals surface area contributed by atoms with Crippen molar-refractivity contribution < 1.29 is 0 Å². The third kappa shape index (κ3) is 4.63. The summed E-state index contributed by atoms with van der Waals surface area (Å²) >= 11 is 0. The lowest BCUT2D eigenvalue weighted by Crippen LogP contribution is -2.34. The van der Waals surface area contributed by atoms with Gasteiger partial charge in [0.2, 0.25) is 0 Å². The number of benzene rings is 5. The Morgan fingerprint density at radius 3 is 1.91 bits per heavy atom. The molecule has 0 fully saturated rings. The van der Waals surface area contributed by atoms with Crippen molar-refractivity contribution in [3.63, 3.8) is 0 Å². The van der Waals surface area contributed by atoms with Crippen LogP contribution in [0.3, 0.4) is 0 Å². The van der Waals surface area contributed by atoms with Gasteiger partial charge in [0, 0.05) is 42.4 Å². The molecule has 0 N–H and O–H groups in total. The maximum atomic E-state index is 5.07. The van der Waals surface area contributed by atoms with Crippen LogP contribution in [0.4, 0.5) is 22.7 Å². The van der Waals surface area contributed by atoms with Gasteiger partial charge < -0.3 is 14.7 Å². The number of pyridine rings is 1. The van der Waals surface area contributed by atoms with Crippen LogP contribution in [-0.2, 0) is 10.8 Å². The zero-order valence-corrected chi connectivity index (χ0v) is 27.1. The molecule has 230 valence electrons. The van der Waals surface area contributed by atoms with Gasteiger partial charge >= 0.3 is 0 Å². The van der Waals surface area contributed by atoms with E-state index >= 15 is 0 Å². The fraction of sp³-hybridized carbons (Fsp3) is 0.140. The molecule has 3 heterocycles. The Balaban J connectivity index is 1.41. The summed E-state index contributed by atoms with van der Waals surface area (Å²) < 4.78 is 0. The van der Waals surface area contributed by atoms with Gasteiger partial charge in [0.05, 0.1) is 29.2 Å². The van der Waals surface area contributed by atoms with Crippen LogP contribution in [-0.4, -0.2) is 23.6 Å². The second-order valence-electron chi connectivity index (χ2n) is 13.1. The Labute approximate surface area is 277 Å². The van der Waals surface area contributed by atoms with Gasteiger partial charge in [-0.25, -0.2) is 0 Å². The summed E-state index contributed by atoms with van der Waals surface area (Å²) in [5, 5.41) is 0. The van der Waals surface area contributed by atoms with Crippen LogP contribution >= 0.6 is 0 Å². The SMILES string of the molecule is CN1C=CN(c2cccc(N3c4ccccc4C(C)(C)c4ccc(C(c5ccccc5)(c5ccccc5)c5ccccn5)cc43)c2)C1. The first-order chi connectivity index (χ1) is 23.0. The summed E-state index contributed by atoms with van der Waals surface area (Å²) in [7, 11) is 2.11. The van der Waals surface area contributed by atoms with Gasteiger partial charge in [-0.15, -0.1) is 0 Å². The van der Waals surface area contributed by atoms with E-state index < -0.39 is 5.41 Å². The zero-order chi connectivity index (χ0) is 32.0. The van der Waals surface area contributed by atoms with Crippen molar-refractivity contribution in [1.82, 2.24) is 9.88 Å². The quantitative estimate of drug-likeness (QED) is 0.175. The van der Waals surface area contributed by atoms with Crippen molar-refractivity contribution in [2.45, 2.75) is 24.7 Å². The fourth-order valence-corrected chi connectivity index (χ4v) is 7.64. The van der Waals surface area contributed by atoms with Crippen molar-refractivity contribution in [3.05, 3.63) is 198 Å². The highest BCUT2D eigenvalue weighted by Gasteiger charge is 2.43. The van der Waals surface area contributed by atoms with Crippen molar-refractivity contribution >= 4 is 22.7 Å². The number of nitrogens with zero attached hydrogens (tertiary/aromatic N) is 4. The lowest BCUT2D eigenvalue weighted by atomic mass is 9.65. The first kappa shape index (κ1) is 28.8. The fourth-order valence-electron chi connectivity index (χ4n) is 7.64. The van der Waals surface area contributed by atoms with Gasteiger partial charge in [0.1, 0.15) is 0 Å². The number of hydrogen-bond donors (Lipinski definition) is 0. The molecule has 0 spiro atoms. The maximum Gasteiger partial charge on any atom is 0.0938 e. The zero-order valence-electron chi connectivity index (χ0n) is 27.1.